The summed E-state index contributed by atoms with van der Waals surface area (Å²) in [6, 6.07) is 8.62. The van der Waals surface area contributed by atoms with Gasteiger partial charge in [-0.2, -0.15) is 0 Å². The molecule has 47 heavy (non-hydrogen) atoms. The van der Waals surface area contributed by atoms with E-state index in [4.69, 9.17) is 23.2 Å². The number of ketones is 1. The van der Waals surface area contributed by atoms with Crippen LogP contribution in [0.4, 0.5) is 15.8 Å². The molecule has 1 N–H and O–H groups in total. The normalized spacial score (nSPS) is 21.9. The highest BCUT2D eigenvalue weighted by Crippen LogP contribution is 2.59. The molecule has 3 aromatic carbocycles. The van der Waals surface area contributed by atoms with Gasteiger partial charge in [0.2, 0.25) is 6.04 Å². The maximum absolute atomic E-state index is 16.0. The lowest BCUT2D eigenvalue weighted by Crippen LogP contribution is -2.52. The number of fused-ring (bicyclic) bond motifs is 2. The average molecular weight is 688 g/mol. The smallest absolute Gasteiger partial charge is 0.338 e. The quantitative estimate of drug-likeness (QED) is 0.110. The summed E-state index contributed by atoms with van der Waals surface area (Å²) < 4.78 is 20.6. The second-order valence-corrected chi connectivity index (χ2v) is 12.7. The molecule has 12 nitrogen and oxygen atoms in total. The van der Waals surface area contributed by atoms with Gasteiger partial charge in [0.1, 0.15) is 11.4 Å². The zero-order chi connectivity index (χ0) is 34.4. The highest BCUT2D eigenvalue weighted by atomic mass is 35.5. The summed E-state index contributed by atoms with van der Waals surface area (Å²) in [7, 11) is 1.09. The molecule has 2 aliphatic heterocycles. The number of methoxy groups -OCH3 is 1. The van der Waals surface area contributed by atoms with Crippen molar-refractivity contribution in [3.63, 3.8) is 0 Å². The summed E-state index contributed by atoms with van der Waals surface area (Å²) in [6.45, 7) is 3.89. The first-order valence-corrected chi connectivity index (χ1v) is 15.3. The summed E-state index contributed by atoms with van der Waals surface area (Å²) in [4.78, 5) is 65.6. The number of hydrogen-bond donors (Lipinski definition) is 1. The maximum Gasteiger partial charge on any atom is 0.338 e. The molecule has 15 heteroatoms. The van der Waals surface area contributed by atoms with E-state index < -0.39 is 74.5 Å². The molecular weight excluding hydrogens is 658 g/mol. The molecule has 2 heterocycles. The van der Waals surface area contributed by atoms with E-state index in [9.17, 15) is 34.6 Å². The third-order valence-electron chi connectivity index (χ3n) is 8.84. The molecule has 5 rings (SSSR count). The SMILES string of the molecule is COC(=O)c1ccc(C(=O)C[C@H]2[C@@H]([N+](=O)[O-])[C@H](c3cccc(Cl)c3F)[C@]3(C(=O)Nc4cc(Cl)ccc43)N2CCC(C)C)c([N+](=O)[O-])c1. The van der Waals surface area contributed by atoms with E-state index in [1.54, 1.807) is 11.0 Å². The van der Waals surface area contributed by atoms with Crippen molar-refractivity contribution < 1.29 is 33.4 Å². The fourth-order valence-corrected chi connectivity index (χ4v) is 7.20. The molecule has 3 aromatic rings. The van der Waals surface area contributed by atoms with Gasteiger partial charge >= 0.3 is 5.97 Å². The predicted molar refractivity (Wildman–Crippen MR) is 170 cm³/mol. The zero-order valence-electron chi connectivity index (χ0n) is 25.4. The van der Waals surface area contributed by atoms with E-state index in [1.807, 2.05) is 13.8 Å². The number of carbonyl (C=O) groups is 3. The molecule has 0 saturated carbocycles. The zero-order valence-corrected chi connectivity index (χ0v) is 26.9. The summed E-state index contributed by atoms with van der Waals surface area (Å²) in [6.07, 6.45) is -0.232. The number of nitro groups is 2. The van der Waals surface area contributed by atoms with Gasteiger partial charge in [0, 0.05) is 45.8 Å². The van der Waals surface area contributed by atoms with Crippen molar-refractivity contribution in [3.8, 4) is 0 Å². The number of halogens is 3. The van der Waals surface area contributed by atoms with Crippen LogP contribution < -0.4 is 5.32 Å². The number of Topliss-reactive ketones (excluding diaryl/α,β-unsaturated/α-hetero) is 1. The lowest BCUT2D eigenvalue weighted by atomic mass is 9.73. The van der Waals surface area contributed by atoms with Gasteiger partial charge in [-0.25, -0.2) is 9.18 Å². The number of esters is 1. The van der Waals surface area contributed by atoms with Crippen molar-refractivity contribution >= 4 is 52.2 Å². The van der Waals surface area contributed by atoms with Crippen LogP contribution in [0.3, 0.4) is 0 Å². The third-order valence-corrected chi connectivity index (χ3v) is 9.37. The summed E-state index contributed by atoms with van der Waals surface area (Å²) >= 11 is 12.4. The fraction of sp³-hybridized carbons (Fsp3) is 0.344. The summed E-state index contributed by atoms with van der Waals surface area (Å²) in [5.41, 5.74) is -2.80. The highest BCUT2D eigenvalue weighted by molar-refractivity contribution is 6.31. The second kappa shape index (κ2) is 13.0. The lowest BCUT2D eigenvalue weighted by Gasteiger charge is -2.39. The second-order valence-electron chi connectivity index (χ2n) is 11.9. The first-order chi connectivity index (χ1) is 22.2. The van der Waals surface area contributed by atoms with Gasteiger partial charge in [0.15, 0.2) is 5.78 Å². The lowest BCUT2D eigenvalue weighted by molar-refractivity contribution is -0.528. The number of rotatable bonds is 10. The number of nitrogens with zero attached hydrogens (tertiary/aromatic N) is 3. The van der Waals surface area contributed by atoms with Crippen molar-refractivity contribution in [3.05, 3.63) is 113 Å². The number of hydrogen-bond acceptors (Lipinski definition) is 9. The Morgan fingerprint density at radius 3 is 2.47 bits per heavy atom. The molecule has 0 bridgehead atoms. The number of ether oxygens (including phenoxy) is 1. The van der Waals surface area contributed by atoms with Gasteiger partial charge < -0.3 is 10.1 Å². The van der Waals surface area contributed by atoms with E-state index in [1.165, 1.54) is 36.4 Å². The van der Waals surface area contributed by atoms with Crippen LogP contribution in [0.1, 0.15) is 64.4 Å². The molecule has 0 aromatic heterocycles. The van der Waals surface area contributed by atoms with E-state index >= 15 is 4.39 Å². The van der Waals surface area contributed by atoms with E-state index in [2.05, 4.69) is 10.1 Å². The number of nitrogens with one attached hydrogen (secondary N) is 1. The first kappa shape index (κ1) is 33.9. The molecule has 0 radical (unpaired) electrons. The van der Waals surface area contributed by atoms with Crippen molar-refractivity contribution in [1.29, 1.82) is 0 Å². The molecule has 246 valence electrons. The van der Waals surface area contributed by atoms with Crippen LogP contribution >= 0.6 is 23.2 Å². The van der Waals surface area contributed by atoms with Crippen molar-refractivity contribution in [1.82, 2.24) is 4.90 Å². The molecule has 2 aliphatic rings. The Morgan fingerprint density at radius 2 is 1.83 bits per heavy atom. The van der Waals surface area contributed by atoms with Gasteiger partial charge in [-0.05, 0) is 42.7 Å². The van der Waals surface area contributed by atoms with Crippen LogP contribution in [-0.4, -0.2) is 58.1 Å². The maximum atomic E-state index is 16.0. The van der Waals surface area contributed by atoms with Gasteiger partial charge in [-0.3, -0.25) is 34.7 Å². The van der Waals surface area contributed by atoms with Crippen molar-refractivity contribution in [2.24, 2.45) is 5.92 Å². The Labute approximate surface area is 278 Å². The Balaban J connectivity index is 1.76. The average Bonchev–Trinajstić information content (AvgIpc) is 3.46. The molecule has 1 fully saturated rings. The van der Waals surface area contributed by atoms with Gasteiger partial charge in [-0.1, -0.05) is 55.2 Å². The van der Waals surface area contributed by atoms with Crippen LogP contribution in [0.5, 0.6) is 0 Å². The minimum Gasteiger partial charge on any atom is -0.465 e. The summed E-state index contributed by atoms with van der Waals surface area (Å²) in [5.74, 6) is -4.81. The largest absolute Gasteiger partial charge is 0.465 e. The minimum atomic E-state index is -1.90. The minimum absolute atomic E-state index is 0.0421. The molecule has 0 unspecified atom stereocenters. The first-order valence-electron chi connectivity index (χ1n) is 14.6. The number of carbonyl (C=O) groups excluding carboxylic acids is 3. The Hall–Kier alpha value is -4.46. The van der Waals surface area contributed by atoms with E-state index in [0.717, 1.165) is 19.2 Å². The standard InChI is InChI=1S/C32H29Cl2FN4O8/c1-16(2)11-12-37-25(15-26(40)19-9-7-17(30(41)47-3)13-24(19)38(43)44)29(39(45)46)27(20-5-4-6-22(34)28(20)35)32(37)21-10-8-18(33)14-23(21)36-31(32)42/h4-10,13-14,16,25,27,29H,11-12,15H2,1-3H3,(H,36,42)/t25-,27-,29+,32+/m0/s1. The third kappa shape index (κ3) is 5.72. The topological polar surface area (TPSA) is 162 Å². The van der Waals surface area contributed by atoms with Gasteiger partial charge in [-0.15, -0.1) is 0 Å². The van der Waals surface area contributed by atoms with Gasteiger partial charge in [0.25, 0.3) is 11.6 Å². The van der Waals surface area contributed by atoms with Crippen LogP contribution in [0.25, 0.3) is 0 Å². The van der Waals surface area contributed by atoms with Crippen molar-refractivity contribution in [2.45, 2.75) is 50.2 Å². The predicted octanol–water partition coefficient (Wildman–Crippen LogP) is 6.41. The summed E-state index contributed by atoms with van der Waals surface area (Å²) in [5, 5.41) is 27.9. The van der Waals surface area contributed by atoms with E-state index in [0.29, 0.717) is 12.0 Å². The van der Waals surface area contributed by atoms with Crippen LogP contribution in [0.2, 0.25) is 10.0 Å². The fourth-order valence-electron chi connectivity index (χ4n) is 6.85. The number of benzene rings is 3. The highest BCUT2D eigenvalue weighted by Gasteiger charge is 2.71. The Kier molecular flexibility index (Phi) is 9.36. The molecule has 1 spiro atoms. The van der Waals surface area contributed by atoms with Crippen LogP contribution in [0, 0.1) is 32.0 Å². The van der Waals surface area contributed by atoms with Crippen LogP contribution in [-0.2, 0) is 15.1 Å². The molecule has 1 amide bonds. The van der Waals surface area contributed by atoms with Crippen LogP contribution in [0.15, 0.2) is 54.6 Å². The Bertz CT molecular complexity index is 1820. The number of amides is 1. The number of likely N-dealkylation sites (tertiary alicyclic amines) is 1. The number of nitro benzene ring substituents is 1. The molecule has 0 aliphatic carbocycles. The number of anilines is 1. The molecule has 4 atom stereocenters. The monoisotopic (exact) mass is 686 g/mol. The molecule has 1 saturated heterocycles. The van der Waals surface area contributed by atoms with Gasteiger partial charge in [0.05, 0.1) is 40.1 Å². The van der Waals surface area contributed by atoms with Crippen molar-refractivity contribution in [2.75, 3.05) is 19.0 Å². The Morgan fingerprint density at radius 1 is 1.11 bits per heavy atom. The van der Waals surface area contributed by atoms with E-state index in [-0.39, 0.29) is 39.3 Å². The molecular formula is C32H29Cl2FN4O8.